The Labute approximate surface area is 189 Å². The number of nitrogens with zero attached hydrogens (tertiary/aromatic N) is 1. The number of hydrogen-bond donors (Lipinski definition) is 2. The van der Waals surface area contributed by atoms with E-state index >= 15 is 0 Å². The minimum atomic E-state index is -1.35. The van der Waals surface area contributed by atoms with Crippen LogP contribution in [-0.4, -0.2) is 36.0 Å². The molecule has 1 fully saturated rings. The number of fused-ring (bicyclic) bond motifs is 2. The summed E-state index contributed by atoms with van der Waals surface area (Å²) in [6.07, 6.45) is 0.255. The lowest BCUT2D eigenvalue weighted by molar-refractivity contribution is -0.140. The lowest BCUT2D eigenvalue weighted by atomic mass is 9.82. The van der Waals surface area contributed by atoms with Crippen LogP contribution in [0.4, 0.5) is 19.3 Å². The molecule has 0 saturated carbocycles. The zero-order valence-electron chi connectivity index (χ0n) is 16.4. The van der Waals surface area contributed by atoms with Crippen molar-refractivity contribution in [1.82, 2.24) is 4.90 Å². The van der Waals surface area contributed by atoms with Gasteiger partial charge in [-0.15, -0.1) is 12.4 Å². The molecule has 2 aliphatic heterocycles. The zero-order valence-corrected chi connectivity index (χ0v) is 17.9. The number of rotatable bonds is 3. The van der Waals surface area contributed by atoms with E-state index in [4.69, 9.17) is 22.1 Å². The second-order valence-corrected chi connectivity index (χ2v) is 8.00. The van der Waals surface area contributed by atoms with Gasteiger partial charge in [0.1, 0.15) is 5.82 Å². The predicted octanol–water partition coefficient (Wildman–Crippen LogP) is 3.99. The molecule has 0 bridgehead atoms. The highest BCUT2D eigenvalue weighted by Gasteiger charge is 2.48. The number of carbonyl (C=O) groups is 2. The molecule has 2 amide bonds. The number of piperidine rings is 1. The maximum atomic E-state index is 14.9. The van der Waals surface area contributed by atoms with Crippen molar-refractivity contribution in [3.05, 3.63) is 64.2 Å². The van der Waals surface area contributed by atoms with Crippen molar-refractivity contribution < 1.29 is 23.1 Å². The zero-order chi connectivity index (χ0) is 21.5. The first-order valence-electron chi connectivity index (χ1n) is 9.56. The Morgan fingerprint density at radius 2 is 2.10 bits per heavy atom. The fourth-order valence-electron chi connectivity index (χ4n) is 4.20. The van der Waals surface area contributed by atoms with Gasteiger partial charge in [0.2, 0.25) is 5.91 Å². The Kier molecular flexibility index (Phi) is 6.73. The first kappa shape index (κ1) is 23.2. The predicted molar refractivity (Wildman–Crippen MR) is 114 cm³/mol. The molecule has 2 heterocycles. The number of halogens is 4. The first-order chi connectivity index (χ1) is 14.3. The molecule has 2 aromatic rings. The molecule has 1 spiro atoms. The Balaban J connectivity index is 0.00000272. The molecule has 2 aliphatic rings. The molecule has 166 valence electrons. The maximum Gasteiger partial charge on any atom is 0.412 e. The van der Waals surface area contributed by atoms with E-state index in [1.165, 1.54) is 29.2 Å². The van der Waals surface area contributed by atoms with E-state index in [1.54, 1.807) is 12.1 Å². The van der Waals surface area contributed by atoms with E-state index in [0.29, 0.717) is 24.9 Å². The van der Waals surface area contributed by atoms with Crippen LogP contribution in [-0.2, 0) is 21.6 Å². The van der Waals surface area contributed by atoms with Crippen LogP contribution in [0.5, 0.6) is 0 Å². The average molecular weight is 472 g/mol. The summed E-state index contributed by atoms with van der Waals surface area (Å²) in [4.78, 5) is 26.6. The number of ether oxygens (including phenoxy) is 1. The van der Waals surface area contributed by atoms with E-state index in [-0.39, 0.29) is 47.6 Å². The minimum absolute atomic E-state index is 0. The van der Waals surface area contributed by atoms with Gasteiger partial charge >= 0.3 is 6.09 Å². The molecule has 0 radical (unpaired) electrons. The molecular formula is C21H21Cl2F2N3O3. The molecule has 2 aromatic carbocycles. The number of benzene rings is 2. The smallest absolute Gasteiger partial charge is 0.412 e. The van der Waals surface area contributed by atoms with Crippen molar-refractivity contribution in [2.75, 3.05) is 18.4 Å². The third-order valence-corrected chi connectivity index (χ3v) is 5.80. The topological polar surface area (TPSA) is 84.7 Å². The van der Waals surface area contributed by atoms with E-state index in [1.807, 2.05) is 0 Å². The summed E-state index contributed by atoms with van der Waals surface area (Å²) in [6.45, 7) is 0.348. The second-order valence-electron chi connectivity index (χ2n) is 7.60. The number of amides is 2. The highest BCUT2D eigenvalue weighted by Crippen LogP contribution is 2.45. The third kappa shape index (κ3) is 4.46. The fourth-order valence-corrected chi connectivity index (χ4v) is 4.36. The maximum absolute atomic E-state index is 14.9. The minimum Gasteiger partial charge on any atom is -0.436 e. The summed E-state index contributed by atoms with van der Waals surface area (Å²) in [6, 6.07) is 7.84. The monoisotopic (exact) mass is 471 g/mol. The molecule has 0 aliphatic carbocycles. The van der Waals surface area contributed by atoms with Crippen LogP contribution in [0, 0.1) is 11.6 Å². The lowest BCUT2D eigenvalue weighted by Gasteiger charge is -2.45. The van der Waals surface area contributed by atoms with Crippen LogP contribution in [0.15, 0.2) is 36.4 Å². The quantitative estimate of drug-likeness (QED) is 0.708. The molecule has 2 atom stereocenters. The van der Waals surface area contributed by atoms with Gasteiger partial charge in [0.15, 0.2) is 11.4 Å². The third-order valence-electron chi connectivity index (χ3n) is 5.50. The summed E-state index contributed by atoms with van der Waals surface area (Å²) < 4.78 is 33.9. The van der Waals surface area contributed by atoms with Gasteiger partial charge < -0.3 is 15.4 Å². The van der Waals surface area contributed by atoms with Crippen LogP contribution in [0.2, 0.25) is 5.02 Å². The van der Waals surface area contributed by atoms with Crippen molar-refractivity contribution in [2.24, 2.45) is 5.73 Å². The highest BCUT2D eigenvalue weighted by molar-refractivity contribution is 6.31. The summed E-state index contributed by atoms with van der Waals surface area (Å²) in [5.74, 6) is -1.47. The summed E-state index contributed by atoms with van der Waals surface area (Å²) >= 11 is 5.96. The van der Waals surface area contributed by atoms with E-state index < -0.39 is 29.4 Å². The largest absolute Gasteiger partial charge is 0.436 e. The fraction of sp³-hybridized carbons (Fsp3) is 0.333. The van der Waals surface area contributed by atoms with Crippen LogP contribution >= 0.6 is 24.0 Å². The number of nitrogens with one attached hydrogen (secondary N) is 1. The molecule has 0 unspecified atom stereocenters. The van der Waals surface area contributed by atoms with E-state index in [2.05, 4.69) is 5.32 Å². The Bertz CT molecular complexity index is 1020. The highest BCUT2D eigenvalue weighted by atomic mass is 35.5. The van der Waals surface area contributed by atoms with E-state index in [9.17, 15) is 18.4 Å². The first-order valence-corrected chi connectivity index (χ1v) is 9.94. The molecule has 0 aromatic heterocycles. The standard InChI is InChI=1S/C21H20ClF2N3O3.ClH/c22-14-5-6-16-17(18(14)24)21(30-20(29)26-16)7-2-8-27(11-21)19(28)15(25)10-12-3-1-4-13(23)9-12;/h1,3-6,9,15H,2,7-8,10-11,25H2,(H,26,29);1H/t15-,21-;/m0./s1. The van der Waals surface area contributed by atoms with Crippen molar-refractivity contribution in [2.45, 2.75) is 30.9 Å². The molecule has 1 saturated heterocycles. The van der Waals surface area contributed by atoms with Gasteiger partial charge in [0.25, 0.3) is 0 Å². The van der Waals surface area contributed by atoms with Crippen molar-refractivity contribution >= 4 is 41.7 Å². The number of hydrogen-bond acceptors (Lipinski definition) is 4. The van der Waals surface area contributed by atoms with Gasteiger partial charge in [-0.05, 0) is 49.1 Å². The van der Waals surface area contributed by atoms with Gasteiger partial charge in [-0.2, -0.15) is 0 Å². The number of nitrogens with two attached hydrogens (primary N) is 1. The normalized spacial score (nSPS) is 20.9. The Hall–Kier alpha value is -2.42. The van der Waals surface area contributed by atoms with Crippen LogP contribution in [0.3, 0.4) is 0 Å². The number of carbonyl (C=O) groups excluding carboxylic acids is 2. The molecule has 4 rings (SSSR count). The molecule has 3 N–H and O–H groups in total. The Morgan fingerprint density at radius 3 is 2.84 bits per heavy atom. The molecule has 31 heavy (non-hydrogen) atoms. The van der Waals surface area contributed by atoms with E-state index in [0.717, 1.165) is 0 Å². The molecule has 10 heteroatoms. The summed E-state index contributed by atoms with van der Waals surface area (Å²) in [5, 5.41) is 2.38. The number of anilines is 1. The van der Waals surface area contributed by atoms with Crippen LogP contribution in [0.25, 0.3) is 0 Å². The van der Waals surface area contributed by atoms with Gasteiger partial charge in [0.05, 0.1) is 28.9 Å². The summed E-state index contributed by atoms with van der Waals surface area (Å²) in [5.41, 5.74) is 5.74. The number of likely N-dealkylation sites (tertiary alicyclic amines) is 1. The SMILES string of the molecule is Cl.N[C@@H](Cc1cccc(F)c1)C(=O)N1CCC[C@@]2(C1)OC(=O)Nc1ccc(Cl)c(F)c12. The molecule has 6 nitrogen and oxygen atoms in total. The van der Waals surface area contributed by atoms with Gasteiger partial charge in [0, 0.05) is 6.54 Å². The van der Waals surface area contributed by atoms with Crippen molar-refractivity contribution in [1.29, 1.82) is 0 Å². The molecular weight excluding hydrogens is 451 g/mol. The van der Waals surface area contributed by atoms with Crippen LogP contribution in [0.1, 0.15) is 24.0 Å². The van der Waals surface area contributed by atoms with Gasteiger partial charge in [-0.1, -0.05) is 23.7 Å². The average Bonchev–Trinajstić information content (AvgIpc) is 2.70. The summed E-state index contributed by atoms with van der Waals surface area (Å²) in [7, 11) is 0. The van der Waals surface area contributed by atoms with Crippen molar-refractivity contribution in [3.63, 3.8) is 0 Å². The second kappa shape index (κ2) is 8.98. The van der Waals surface area contributed by atoms with Crippen molar-refractivity contribution in [3.8, 4) is 0 Å². The van der Waals surface area contributed by atoms with Crippen LogP contribution < -0.4 is 11.1 Å². The Morgan fingerprint density at radius 1 is 1.32 bits per heavy atom. The van der Waals surface area contributed by atoms with Gasteiger partial charge in [-0.3, -0.25) is 10.1 Å². The lowest BCUT2D eigenvalue weighted by Crippen LogP contribution is -2.56. The van der Waals surface area contributed by atoms with Gasteiger partial charge in [-0.25, -0.2) is 13.6 Å².